The van der Waals surface area contributed by atoms with Crippen LogP contribution >= 0.6 is 0 Å². The molecule has 190 valence electrons. The number of fused-ring (bicyclic) bond motifs is 5. The van der Waals surface area contributed by atoms with Crippen LogP contribution in [0.3, 0.4) is 0 Å². The maximum Gasteiger partial charge on any atom is 0.235 e. The first kappa shape index (κ1) is 22.7. The zero-order chi connectivity index (χ0) is 26.5. The molecule has 1 aliphatic carbocycles. The summed E-state index contributed by atoms with van der Waals surface area (Å²) in [6.07, 6.45) is 10.7. The molecule has 1 aliphatic rings. The molecule has 0 atom stereocenters. The molecule has 0 unspecified atom stereocenters. The van der Waals surface area contributed by atoms with Crippen LogP contribution in [0.2, 0.25) is 0 Å². The van der Waals surface area contributed by atoms with E-state index in [0.717, 1.165) is 52.0 Å². The Morgan fingerprint density at radius 2 is 1.40 bits per heavy atom. The smallest absolute Gasteiger partial charge is 0.235 e. The lowest BCUT2D eigenvalue weighted by atomic mass is 10.0. The van der Waals surface area contributed by atoms with Gasteiger partial charge in [-0.15, -0.1) is 0 Å². The normalized spacial score (nSPS) is 13.3. The number of nitrogens with zero attached hydrogens (tertiary/aromatic N) is 4. The van der Waals surface area contributed by atoms with E-state index in [4.69, 9.17) is 9.97 Å². The van der Waals surface area contributed by atoms with Gasteiger partial charge >= 0.3 is 0 Å². The second-order valence-electron chi connectivity index (χ2n) is 10.2. The Balaban J connectivity index is 1.46. The second kappa shape index (κ2) is 9.21. The van der Waals surface area contributed by atoms with Crippen LogP contribution < -0.4 is 0 Å². The Kier molecular flexibility index (Phi) is 5.23. The molecule has 0 saturated carbocycles. The maximum absolute atomic E-state index is 5.24. The van der Waals surface area contributed by atoms with E-state index in [9.17, 15) is 0 Å². The van der Waals surface area contributed by atoms with Gasteiger partial charge in [-0.3, -0.25) is 4.57 Å². The van der Waals surface area contributed by atoms with Crippen molar-refractivity contribution in [2.24, 2.45) is 0 Å². The molecule has 8 rings (SSSR count). The van der Waals surface area contributed by atoms with Crippen molar-refractivity contribution >= 4 is 38.3 Å². The van der Waals surface area contributed by atoms with Gasteiger partial charge in [-0.2, -0.15) is 0 Å². The van der Waals surface area contributed by atoms with Crippen molar-refractivity contribution < 1.29 is 0 Å². The lowest BCUT2D eigenvalue weighted by Gasteiger charge is -2.14. The standard InChI is InChI=1S/C36H26N4/c1-4-12-25(13-5-1)31-24-32(26-14-6-2-7-15-26)38-36(37-31)40-34-19-11-10-18-28(34)29-20-21-33-30(35(29)40)22-23-39(33)27-16-8-3-9-17-27/h1-6,8-14,16-24H,7,15H2. The number of para-hydroxylation sites is 2. The molecular formula is C36H26N4. The molecule has 4 aromatic carbocycles. The van der Waals surface area contributed by atoms with Gasteiger partial charge in [0.25, 0.3) is 0 Å². The summed E-state index contributed by atoms with van der Waals surface area (Å²) in [6, 6.07) is 38.3. The molecule has 4 nitrogen and oxygen atoms in total. The van der Waals surface area contributed by atoms with E-state index in [0.29, 0.717) is 5.95 Å². The molecule has 0 aliphatic heterocycles. The van der Waals surface area contributed by atoms with Crippen molar-refractivity contribution in [2.75, 3.05) is 0 Å². The van der Waals surface area contributed by atoms with Crippen molar-refractivity contribution in [1.29, 1.82) is 0 Å². The fourth-order valence-electron chi connectivity index (χ4n) is 5.97. The average Bonchev–Trinajstić information content (AvgIpc) is 3.62. The van der Waals surface area contributed by atoms with Crippen LogP contribution in [0.1, 0.15) is 18.5 Å². The highest BCUT2D eigenvalue weighted by Crippen LogP contribution is 2.38. The number of hydrogen-bond donors (Lipinski definition) is 0. The lowest BCUT2D eigenvalue weighted by Crippen LogP contribution is -2.06. The third kappa shape index (κ3) is 3.61. The fourth-order valence-corrected chi connectivity index (χ4v) is 5.97. The SMILES string of the molecule is C1=CCCC(c2cc(-c3ccccc3)nc(-n3c4ccccc4c4ccc5c(ccn5-c5ccccc5)c43)n2)=C1. The van der Waals surface area contributed by atoms with Gasteiger partial charge in [0, 0.05) is 33.6 Å². The highest BCUT2D eigenvalue weighted by Gasteiger charge is 2.20. The molecule has 0 saturated heterocycles. The summed E-state index contributed by atoms with van der Waals surface area (Å²) in [6.45, 7) is 0. The molecule has 0 amide bonds. The van der Waals surface area contributed by atoms with Gasteiger partial charge in [0.2, 0.25) is 5.95 Å². The summed E-state index contributed by atoms with van der Waals surface area (Å²) in [5.74, 6) is 0.693. The Bertz CT molecular complexity index is 2090. The zero-order valence-electron chi connectivity index (χ0n) is 21.9. The van der Waals surface area contributed by atoms with E-state index in [2.05, 4.69) is 137 Å². The van der Waals surface area contributed by atoms with Crippen molar-refractivity contribution in [2.45, 2.75) is 12.8 Å². The van der Waals surface area contributed by atoms with E-state index in [1.807, 2.05) is 6.07 Å². The molecule has 40 heavy (non-hydrogen) atoms. The van der Waals surface area contributed by atoms with Crippen molar-refractivity contribution in [3.63, 3.8) is 0 Å². The molecule has 0 N–H and O–H groups in total. The summed E-state index contributed by atoms with van der Waals surface area (Å²) in [4.78, 5) is 10.5. The average molecular weight is 515 g/mol. The number of benzene rings is 4. The van der Waals surface area contributed by atoms with E-state index in [1.54, 1.807) is 0 Å². The van der Waals surface area contributed by atoms with Crippen LogP contribution in [0.5, 0.6) is 0 Å². The zero-order valence-corrected chi connectivity index (χ0v) is 21.9. The summed E-state index contributed by atoms with van der Waals surface area (Å²) in [7, 11) is 0. The molecular weight excluding hydrogens is 488 g/mol. The summed E-state index contributed by atoms with van der Waals surface area (Å²) in [5.41, 5.74) is 8.76. The molecule has 0 spiro atoms. The van der Waals surface area contributed by atoms with Crippen LogP contribution in [0.4, 0.5) is 0 Å². The number of hydrogen-bond acceptors (Lipinski definition) is 2. The quantitative estimate of drug-likeness (QED) is 0.235. The van der Waals surface area contributed by atoms with Crippen molar-refractivity contribution in [3.05, 3.63) is 139 Å². The number of aromatic nitrogens is 4. The van der Waals surface area contributed by atoms with Gasteiger partial charge in [-0.1, -0.05) is 91.0 Å². The van der Waals surface area contributed by atoms with Crippen LogP contribution in [0.25, 0.3) is 61.2 Å². The van der Waals surface area contributed by atoms with E-state index < -0.39 is 0 Å². The Morgan fingerprint density at radius 3 is 2.23 bits per heavy atom. The first-order chi connectivity index (χ1) is 19.8. The number of rotatable bonds is 4. The minimum atomic E-state index is 0.693. The minimum absolute atomic E-state index is 0.693. The highest BCUT2D eigenvalue weighted by atomic mass is 15.2. The van der Waals surface area contributed by atoms with Gasteiger partial charge in [-0.05, 0) is 54.8 Å². The predicted molar refractivity (Wildman–Crippen MR) is 165 cm³/mol. The van der Waals surface area contributed by atoms with E-state index in [1.165, 1.54) is 21.7 Å². The molecule has 0 fully saturated rings. The largest absolute Gasteiger partial charge is 0.316 e. The third-order valence-electron chi connectivity index (χ3n) is 7.86. The highest BCUT2D eigenvalue weighted by molar-refractivity contribution is 6.18. The monoisotopic (exact) mass is 514 g/mol. The Labute approximate surface area is 232 Å². The first-order valence-corrected chi connectivity index (χ1v) is 13.7. The summed E-state index contributed by atoms with van der Waals surface area (Å²) in [5, 5.41) is 3.57. The van der Waals surface area contributed by atoms with E-state index in [-0.39, 0.29) is 0 Å². The topological polar surface area (TPSA) is 35.6 Å². The Hall–Kier alpha value is -5.22. The van der Waals surface area contributed by atoms with Crippen LogP contribution in [-0.2, 0) is 0 Å². The maximum atomic E-state index is 5.24. The first-order valence-electron chi connectivity index (χ1n) is 13.7. The van der Waals surface area contributed by atoms with Crippen LogP contribution in [0.15, 0.2) is 134 Å². The molecule has 0 bridgehead atoms. The lowest BCUT2D eigenvalue weighted by molar-refractivity contribution is 0.966. The van der Waals surface area contributed by atoms with Gasteiger partial charge in [0.1, 0.15) is 0 Å². The van der Waals surface area contributed by atoms with Gasteiger partial charge < -0.3 is 4.57 Å². The molecule has 4 heteroatoms. The van der Waals surface area contributed by atoms with Crippen molar-refractivity contribution in [1.82, 2.24) is 19.1 Å². The predicted octanol–water partition coefficient (Wildman–Crippen LogP) is 8.92. The fraction of sp³-hybridized carbons (Fsp3) is 0.0556. The molecule has 3 heterocycles. The number of allylic oxidation sites excluding steroid dienone is 4. The minimum Gasteiger partial charge on any atom is -0.316 e. The van der Waals surface area contributed by atoms with Gasteiger partial charge in [0.15, 0.2) is 0 Å². The van der Waals surface area contributed by atoms with Crippen LogP contribution in [0, 0.1) is 0 Å². The summed E-state index contributed by atoms with van der Waals surface area (Å²) >= 11 is 0. The molecule has 3 aromatic heterocycles. The van der Waals surface area contributed by atoms with Crippen LogP contribution in [-0.4, -0.2) is 19.1 Å². The molecule has 0 radical (unpaired) electrons. The van der Waals surface area contributed by atoms with E-state index >= 15 is 0 Å². The molecule has 7 aromatic rings. The Morgan fingerprint density at radius 1 is 0.625 bits per heavy atom. The summed E-state index contributed by atoms with van der Waals surface area (Å²) < 4.78 is 4.51. The third-order valence-corrected chi connectivity index (χ3v) is 7.86. The second-order valence-corrected chi connectivity index (χ2v) is 10.2. The van der Waals surface area contributed by atoms with Gasteiger partial charge in [0.05, 0.1) is 27.9 Å². The van der Waals surface area contributed by atoms with Gasteiger partial charge in [-0.25, -0.2) is 9.97 Å². The van der Waals surface area contributed by atoms with Crippen molar-refractivity contribution in [3.8, 4) is 22.9 Å².